The van der Waals surface area contributed by atoms with Crippen LogP contribution in [-0.4, -0.2) is 73.9 Å². The SMILES string of the molecule is CC(C)N1CCOC[C@H]1C(=O)N1CCOCC1. The summed E-state index contributed by atoms with van der Waals surface area (Å²) in [6, 6.07) is 0.274. The van der Waals surface area contributed by atoms with Crippen LogP contribution in [0.2, 0.25) is 0 Å². The van der Waals surface area contributed by atoms with Gasteiger partial charge in [0.2, 0.25) is 5.91 Å². The van der Waals surface area contributed by atoms with Crippen LogP contribution < -0.4 is 0 Å². The molecule has 0 aromatic carbocycles. The van der Waals surface area contributed by atoms with Gasteiger partial charge in [-0.15, -0.1) is 0 Å². The zero-order chi connectivity index (χ0) is 12.3. The van der Waals surface area contributed by atoms with Crippen LogP contribution in [0.5, 0.6) is 0 Å². The number of hydrogen-bond donors (Lipinski definition) is 0. The molecule has 1 atom stereocenters. The zero-order valence-electron chi connectivity index (χ0n) is 10.7. The van der Waals surface area contributed by atoms with E-state index in [1.165, 1.54) is 0 Å². The monoisotopic (exact) mass is 242 g/mol. The Labute approximate surface area is 103 Å². The van der Waals surface area contributed by atoms with Gasteiger partial charge in [0.1, 0.15) is 6.04 Å². The van der Waals surface area contributed by atoms with Crippen molar-refractivity contribution in [2.24, 2.45) is 0 Å². The standard InChI is InChI=1S/C12H22N2O3/c1-10(2)14-5-8-17-9-11(14)12(15)13-3-6-16-7-4-13/h10-11H,3-9H2,1-2H3/t11-/m0/s1. The van der Waals surface area contributed by atoms with Crippen molar-refractivity contribution < 1.29 is 14.3 Å². The third-order valence-corrected chi connectivity index (χ3v) is 3.44. The van der Waals surface area contributed by atoms with Gasteiger partial charge in [-0.05, 0) is 13.8 Å². The molecule has 0 saturated carbocycles. The van der Waals surface area contributed by atoms with Crippen LogP contribution in [0.3, 0.4) is 0 Å². The Balaban J connectivity index is 1.99. The van der Waals surface area contributed by atoms with Crippen LogP contribution in [0.4, 0.5) is 0 Å². The molecule has 0 aliphatic carbocycles. The van der Waals surface area contributed by atoms with Crippen LogP contribution in [0.25, 0.3) is 0 Å². The van der Waals surface area contributed by atoms with Crippen LogP contribution in [-0.2, 0) is 14.3 Å². The van der Waals surface area contributed by atoms with Gasteiger partial charge in [-0.25, -0.2) is 0 Å². The molecule has 0 unspecified atom stereocenters. The molecule has 2 aliphatic heterocycles. The summed E-state index contributed by atoms with van der Waals surface area (Å²) in [4.78, 5) is 16.6. The minimum atomic E-state index is -0.109. The Bertz CT molecular complexity index is 264. The molecule has 0 N–H and O–H groups in total. The van der Waals surface area contributed by atoms with E-state index in [4.69, 9.17) is 9.47 Å². The van der Waals surface area contributed by atoms with Crippen molar-refractivity contribution in [3.63, 3.8) is 0 Å². The van der Waals surface area contributed by atoms with Gasteiger partial charge in [-0.2, -0.15) is 0 Å². The lowest BCUT2D eigenvalue weighted by atomic mass is 10.1. The van der Waals surface area contributed by atoms with Crippen molar-refractivity contribution in [3.05, 3.63) is 0 Å². The maximum absolute atomic E-state index is 12.4. The number of morpholine rings is 2. The number of nitrogens with zero attached hydrogens (tertiary/aromatic N) is 2. The van der Waals surface area contributed by atoms with E-state index in [9.17, 15) is 4.79 Å². The highest BCUT2D eigenvalue weighted by atomic mass is 16.5. The van der Waals surface area contributed by atoms with Gasteiger partial charge < -0.3 is 14.4 Å². The highest BCUT2D eigenvalue weighted by molar-refractivity contribution is 5.82. The van der Waals surface area contributed by atoms with Crippen molar-refractivity contribution in [2.75, 3.05) is 46.1 Å². The molecule has 0 bridgehead atoms. The minimum absolute atomic E-state index is 0.109. The molecule has 98 valence electrons. The topological polar surface area (TPSA) is 42.0 Å². The molecule has 0 aromatic heterocycles. The van der Waals surface area contributed by atoms with Crippen LogP contribution in [0.1, 0.15) is 13.8 Å². The van der Waals surface area contributed by atoms with E-state index < -0.39 is 0 Å². The van der Waals surface area contributed by atoms with Crippen molar-refractivity contribution in [2.45, 2.75) is 25.9 Å². The summed E-state index contributed by atoms with van der Waals surface area (Å²) in [5.41, 5.74) is 0. The maximum atomic E-state index is 12.4. The molecular weight excluding hydrogens is 220 g/mol. The van der Waals surface area contributed by atoms with Crippen molar-refractivity contribution in [1.29, 1.82) is 0 Å². The minimum Gasteiger partial charge on any atom is -0.378 e. The summed E-state index contributed by atoms with van der Waals surface area (Å²) >= 11 is 0. The lowest BCUT2D eigenvalue weighted by molar-refractivity contribution is -0.148. The van der Waals surface area contributed by atoms with E-state index >= 15 is 0 Å². The van der Waals surface area contributed by atoms with Crippen LogP contribution in [0, 0.1) is 0 Å². The second kappa shape index (κ2) is 5.80. The third-order valence-electron chi connectivity index (χ3n) is 3.44. The number of carbonyl (C=O) groups is 1. The highest BCUT2D eigenvalue weighted by Gasteiger charge is 2.34. The first kappa shape index (κ1) is 12.8. The summed E-state index contributed by atoms with van der Waals surface area (Å²) < 4.78 is 10.7. The molecule has 2 rings (SSSR count). The van der Waals surface area contributed by atoms with Crippen molar-refractivity contribution in [3.8, 4) is 0 Å². The second-order valence-electron chi connectivity index (χ2n) is 4.86. The smallest absolute Gasteiger partial charge is 0.242 e. The Kier molecular flexibility index (Phi) is 4.36. The molecule has 0 radical (unpaired) electrons. The fourth-order valence-electron chi connectivity index (χ4n) is 2.44. The lowest BCUT2D eigenvalue weighted by Crippen LogP contribution is -2.58. The summed E-state index contributed by atoms with van der Waals surface area (Å²) in [6.07, 6.45) is 0. The van der Waals surface area contributed by atoms with E-state index in [1.807, 2.05) is 4.90 Å². The van der Waals surface area contributed by atoms with Crippen molar-refractivity contribution >= 4 is 5.91 Å². The lowest BCUT2D eigenvalue weighted by Gasteiger charge is -2.40. The summed E-state index contributed by atoms with van der Waals surface area (Å²) in [6.45, 7) is 9.08. The Morgan fingerprint density at radius 2 is 1.76 bits per heavy atom. The largest absolute Gasteiger partial charge is 0.378 e. The Morgan fingerprint density at radius 3 is 2.41 bits per heavy atom. The number of amides is 1. The summed E-state index contributed by atoms with van der Waals surface area (Å²) in [7, 11) is 0. The van der Waals surface area contributed by atoms with Gasteiger partial charge in [0.15, 0.2) is 0 Å². The quantitative estimate of drug-likeness (QED) is 0.681. The first-order chi connectivity index (χ1) is 8.20. The van der Waals surface area contributed by atoms with Crippen LogP contribution >= 0.6 is 0 Å². The fraction of sp³-hybridized carbons (Fsp3) is 0.917. The van der Waals surface area contributed by atoms with Gasteiger partial charge in [-0.1, -0.05) is 0 Å². The van der Waals surface area contributed by atoms with Gasteiger partial charge >= 0.3 is 0 Å². The van der Waals surface area contributed by atoms with E-state index in [2.05, 4.69) is 18.7 Å². The van der Waals surface area contributed by atoms with E-state index in [0.29, 0.717) is 39.0 Å². The number of ether oxygens (including phenoxy) is 2. The highest BCUT2D eigenvalue weighted by Crippen LogP contribution is 2.14. The third kappa shape index (κ3) is 2.97. The van der Waals surface area contributed by atoms with E-state index in [0.717, 1.165) is 13.2 Å². The molecular formula is C12H22N2O3. The van der Waals surface area contributed by atoms with Crippen LogP contribution in [0.15, 0.2) is 0 Å². The second-order valence-corrected chi connectivity index (χ2v) is 4.86. The van der Waals surface area contributed by atoms with Gasteiger partial charge in [0.05, 0.1) is 26.4 Å². The van der Waals surface area contributed by atoms with Gasteiger partial charge in [-0.3, -0.25) is 9.69 Å². The molecule has 2 heterocycles. The number of carbonyl (C=O) groups excluding carboxylic acids is 1. The Morgan fingerprint density at radius 1 is 1.12 bits per heavy atom. The molecule has 2 aliphatic rings. The molecule has 17 heavy (non-hydrogen) atoms. The predicted molar refractivity (Wildman–Crippen MR) is 63.8 cm³/mol. The molecule has 0 aromatic rings. The molecule has 1 amide bonds. The van der Waals surface area contributed by atoms with E-state index in [1.54, 1.807) is 0 Å². The Hall–Kier alpha value is -0.650. The first-order valence-corrected chi connectivity index (χ1v) is 6.40. The maximum Gasteiger partial charge on any atom is 0.242 e. The molecule has 5 heteroatoms. The average Bonchev–Trinajstić information content (AvgIpc) is 2.39. The molecule has 0 spiro atoms. The average molecular weight is 242 g/mol. The first-order valence-electron chi connectivity index (χ1n) is 6.40. The van der Waals surface area contributed by atoms with Gasteiger partial charge in [0, 0.05) is 25.7 Å². The zero-order valence-corrected chi connectivity index (χ0v) is 10.7. The summed E-state index contributed by atoms with van der Waals surface area (Å²) in [5.74, 6) is 0.196. The summed E-state index contributed by atoms with van der Waals surface area (Å²) in [5, 5.41) is 0. The van der Waals surface area contributed by atoms with Crippen molar-refractivity contribution in [1.82, 2.24) is 9.80 Å². The molecule has 2 saturated heterocycles. The molecule has 5 nitrogen and oxygen atoms in total. The number of hydrogen-bond acceptors (Lipinski definition) is 4. The number of rotatable bonds is 2. The normalized spacial score (nSPS) is 27.5. The fourth-order valence-corrected chi connectivity index (χ4v) is 2.44. The predicted octanol–water partition coefficient (Wildman–Crippen LogP) is -0.0456. The molecule has 2 fully saturated rings. The van der Waals surface area contributed by atoms with Gasteiger partial charge in [0.25, 0.3) is 0 Å². The van der Waals surface area contributed by atoms with E-state index in [-0.39, 0.29) is 11.9 Å².